The first kappa shape index (κ1) is 8.00. The van der Waals surface area contributed by atoms with Crippen molar-refractivity contribution < 1.29 is 9.90 Å². The number of hydrogen-bond donors (Lipinski definition) is 2. The lowest BCUT2D eigenvalue weighted by molar-refractivity contribution is 0.0685. The average molecular weight is 198 g/mol. The molecule has 2 aromatic rings. The van der Waals surface area contributed by atoms with E-state index in [1.165, 1.54) is 6.20 Å². The van der Waals surface area contributed by atoms with Crippen LogP contribution in [0.25, 0.3) is 11.2 Å². The zero-order valence-electron chi connectivity index (χ0n) is 6.28. The van der Waals surface area contributed by atoms with E-state index in [0.29, 0.717) is 16.2 Å². The minimum atomic E-state index is -1.12. The summed E-state index contributed by atoms with van der Waals surface area (Å²) in [4.78, 5) is 20.7. The number of aromatic carboxylic acids is 1. The van der Waals surface area contributed by atoms with Gasteiger partial charge in [0.15, 0.2) is 5.65 Å². The van der Waals surface area contributed by atoms with Crippen molar-refractivity contribution in [2.24, 2.45) is 0 Å². The fourth-order valence-electron chi connectivity index (χ4n) is 0.976. The molecule has 0 saturated heterocycles. The number of rotatable bonds is 1. The van der Waals surface area contributed by atoms with Crippen LogP contribution >= 0.6 is 11.6 Å². The number of fused-ring (bicyclic) bond motifs is 1. The number of nitrogens with one attached hydrogen (secondary N) is 1. The molecule has 6 heteroatoms. The summed E-state index contributed by atoms with van der Waals surface area (Å²) in [6, 6.07) is 1.57. The second-order valence-corrected chi connectivity index (χ2v) is 2.85. The first-order chi connectivity index (χ1) is 6.16. The minimum absolute atomic E-state index is 0.134. The van der Waals surface area contributed by atoms with E-state index in [9.17, 15) is 4.79 Å². The Morgan fingerprint density at radius 3 is 3.08 bits per heavy atom. The summed E-state index contributed by atoms with van der Waals surface area (Å²) < 4.78 is 0. The zero-order chi connectivity index (χ0) is 9.42. The van der Waals surface area contributed by atoms with Crippen molar-refractivity contribution in [1.29, 1.82) is 0 Å². The van der Waals surface area contributed by atoms with Crippen LogP contribution in [-0.4, -0.2) is 26.0 Å². The predicted octanol–water partition coefficient (Wildman–Crippen LogP) is 1.31. The van der Waals surface area contributed by atoms with Gasteiger partial charge in [0, 0.05) is 6.20 Å². The Hall–Kier alpha value is -1.62. The molecule has 2 rings (SSSR count). The average Bonchev–Trinajstić information content (AvgIpc) is 2.46. The van der Waals surface area contributed by atoms with Crippen molar-refractivity contribution in [3.8, 4) is 0 Å². The maximum Gasteiger partial charge on any atom is 0.371 e. The number of halogens is 1. The van der Waals surface area contributed by atoms with Crippen molar-refractivity contribution >= 4 is 28.7 Å². The molecule has 0 bridgehead atoms. The molecule has 66 valence electrons. The van der Waals surface area contributed by atoms with Crippen molar-refractivity contribution in [3.05, 3.63) is 23.1 Å². The largest absolute Gasteiger partial charge is 0.475 e. The third kappa shape index (κ3) is 1.33. The Morgan fingerprint density at radius 1 is 1.62 bits per heavy atom. The van der Waals surface area contributed by atoms with Crippen LogP contribution < -0.4 is 0 Å². The highest BCUT2D eigenvalue weighted by atomic mass is 35.5. The molecule has 0 aliphatic carbocycles. The first-order valence-corrected chi connectivity index (χ1v) is 3.79. The molecule has 0 saturated carbocycles. The number of H-pyrrole nitrogens is 1. The van der Waals surface area contributed by atoms with Crippen molar-refractivity contribution in [3.63, 3.8) is 0 Å². The van der Waals surface area contributed by atoms with Gasteiger partial charge in [0.25, 0.3) is 0 Å². The Labute approximate surface area is 77.4 Å². The molecule has 0 aliphatic rings. The van der Waals surface area contributed by atoms with Crippen LogP contribution in [0.2, 0.25) is 5.02 Å². The quantitative estimate of drug-likeness (QED) is 0.723. The maximum atomic E-state index is 10.5. The monoisotopic (exact) mass is 197 g/mol. The molecule has 0 aromatic carbocycles. The summed E-state index contributed by atoms with van der Waals surface area (Å²) in [5, 5.41) is 9.04. The van der Waals surface area contributed by atoms with Crippen molar-refractivity contribution in [2.75, 3.05) is 0 Å². The summed E-state index contributed by atoms with van der Waals surface area (Å²) in [6.45, 7) is 0. The summed E-state index contributed by atoms with van der Waals surface area (Å²) in [7, 11) is 0. The summed E-state index contributed by atoms with van der Waals surface area (Å²) >= 11 is 5.65. The standard InChI is InChI=1S/C7H4ClN3O2/c8-3-1-4-5(9-2-3)11-6(10-4)7(12)13/h1-2H,(H,12,13)(H,9,10,11). The number of imidazole rings is 1. The van der Waals surface area contributed by atoms with E-state index in [2.05, 4.69) is 15.0 Å². The molecule has 0 amide bonds. The van der Waals surface area contributed by atoms with Gasteiger partial charge in [-0.3, -0.25) is 0 Å². The van der Waals surface area contributed by atoms with Crippen LogP contribution in [0.3, 0.4) is 0 Å². The van der Waals surface area contributed by atoms with Crippen LogP contribution in [0, 0.1) is 0 Å². The summed E-state index contributed by atoms with van der Waals surface area (Å²) in [6.07, 6.45) is 1.41. The first-order valence-electron chi connectivity index (χ1n) is 3.41. The molecule has 2 heterocycles. The van der Waals surface area contributed by atoms with Gasteiger partial charge in [0.2, 0.25) is 5.82 Å². The Balaban J connectivity index is 2.68. The van der Waals surface area contributed by atoms with Gasteiger partial charge in [-0.25, -0.2) is 14.8 Å². The second-order valence-electron chi connectivity index (χ2n) is 2.42. The van der Waals surface area contributed by atoms with Gasteiger partial charge >= 0.3 is 5.97 Å². The van der Waals surface area contributed by atoms with E-state index in [1.807, 2.05) is 0 Å². The number of aromatic nitrogens is 3. The highest BCUT2D eigenvalue weighted by Gasteiger charge is 2.09. The number of pyridine rings is 1. The fraction of sp³-hybridized carbons (Fsp3) is 0. The fourth-order valence-corrected chi connectivity index (χ4v) is 1.13. The Morgan fingerprint density at radius 2 is 2.38 bits per heavy atom. The molecule has 0 atom stereocenters. The minimum Gasteiger partial charge on any atom is -0.475 e. The zero-order valence-corrected chi connectivity index (χ0v) is 7.04. The van der Waals surface area contributed by atoms with E-state index in [0.717, 1.165) is 0 Å². The molecule has 0 radical (unpaired) electrons. The van der Waals surface area contributed by atoms with Crippen LogP contribution in [0.5, 0.6) is 0 Å². The number of nitrogens with zero attached hydrogens (tertiary/aromatic N) is 2. The van der Waals surface area contributed by atoms with Crippen LogP contribution in [0.4, 0.5) is 0 Å². The molecule has 13 heavy (non-hydrogen) atoms. The molecule has 2 aromatic heterocycles. The molecule has 2 N–H and O–H groups in total. The van der Waals surface area contributed by atoms with E-state index in [4.69, 9.17) is 16.7 Å². The lowest BCUT2D eigenvalue weighted by Crippen LogP contribution is -1.97. The van der Waals surface area contributed by atoms with E-state index in [1.54, 1.807) is 6.07 Å². The van der Waals surface area contributed by atoms with Gasteiger partial charge in [-0.1, -0.05) is 11.6 Å². The summed E-state index contributed by atoms with van der Waals surface area (Å²) in [5.41, 5.74) is 0.867. The molecule has 0 unspecified atom stereocenters. The molecule has 5 nitrogen and oxygen atoms in total. The second kappa shape index (κ2) is 2.70. The molecule has 0 aliphatic heterocycles. The van der Waals surface area contributed by atoms with Gasteiger partial charge < -0.3 is 10.1 Å². The van der Waals surface area contributed by atoms with E-state index >= 15 is 0 Å². The van der Waals surface area contributed by atoms with Crippen LogP contribution in [0.15, 0.2) is 12.3 Å². The number of carboxylic acids is 1. The summed E-state index contributed by atoms with van der Waals surface area (Å²) in [5.74, 6) is -1.25. The maximum absolute atomic E-state index is 10.5. The van der Waals surface area contributed by atoms with Crippen molar-refractivity contribution in [1.82, 2.24) is 15.0 Å². The Kier molecular flexibility index (Phi) is 1.66. The van der Waals surface area contributed by atoms with E-state index in [-0.39, 0.29) is 5.82 Å². The number of hydrogen-bond acceptors (Lipinski definition) is 3. The molecule has 0 fully saturated rings. The Bertz CT molecular complexity index is 480. The molecule has 0 spiro atoms. The van der Waals surface area contributed by atoms with Gasteiger partial charge in [-0.15, -0.1) is 0 Å². The SMILES string of the molecule is O=C(O)c1nc2ncc(Cl)cc2[nH]1. The third-order valence-electron chi connectivity index (χ3n) is 1.51. The van der Waals surface area contributed by atoms with Gasteiger partial charge in [0.1, 0.15) is 0 Å². The van der Waals surface area contributed by atoms with Crippen LogP contribution in [-0.2, 0) is 0 Å². The number of carboxylic acid groups (broad SMARTS) is 1. The number of aromatic amines is 1. The van der Waals surface area contributed by atoms with Crippen LogP contribution in [0.1, 0.15) is 10.6 Å². The number of carbonyl (C=O) groups is 1. The van der Waals surface area contributed by atoms with Crippen molar-refractivity contribution in [2.45, 2.75) is 0 Å². The topological polar surface area (TPSA) is 78.9 Å². The third-order valence-corrected chi connectivity index (χ3v) is 1.71. The normalized spacial score (nSPS) is 10.5. The molecular formula is C7H4ClN3O2. The lowest BCUT2D eigenvalue weighted by Gasteiger charge is -1.86. The highest BCUT2D eigenvalue weighted by Crippen LogP contribution is 2.14. The van der Waals surface area contributed by atoms with Gasteiger partial charge in [-0.05, 0) is 6.07 Å². The highest BCUT2D eigenvalue weighted by molar-refractivity contribution is 6.31. The predicted molar refractivity (Wildman–Crippen MR) is 45.9 cm³/mol. The molecular weight excluding hydrogens is 194 g/mol. The van der Waals surface area contributed by atoms with Gasteiger partial charge in [-0.2, -0.15) is 0 Å². The van der Waals surface area contributed by atoms with Gasteiger partial charge in [0.05, 0.1) is 10.5 Å². The van der Waals surface area contributed by atoms with E-state index < -0.39 is 5.97 Å². The smallest absolute Gasteiger partial charge is 0.371 e. The lowest BCUT2D eigenvalue weighted by atomic mass is 10.4.